The Morgan fingerprint density at radius 2 is 1.88 bits per heavy atom. The Morgan fingerprint density at radius 1 is 1.12 bits per heavy atom. The first-order chi connectivity index (χ1) is 7.68. The van der Waals surface area contributed by atoms with Gasteiger partial charge in [0.2, 0.25) is 5.28 Å². The first-order valence-corrected chi connectivity index (χ1v) is 6.66. The number of halogens is 1. The quantitative estimate of drug-likeness (QED) is 0.792. The minimum atomic E-state index is 0.521. The summed E-state index contributed by atoms with van der Waals surface area (Å²) >= 11 is 6.20. The number of hydrogen-bond donors (Lipinski definition) is 0. The second-order valence-corrected chi connectivity index (χ2v) is 5.79. The van der Waals surface area contributed by atoms with Crippen LogP contribution in [-0.4, -0.2) is 14.8 Å². The van der Waals surface area contributed by atoms with E-state index in [1.165, 1.54) is 25.7 Å². The Labute approximate surface area is 101 Å². The van der Waals surface area contributed by atoms with Crippen molar-refractivity contribution in [2.24, 2.45) is 11.8 Å². The van der Waals surface area contributed by atoms with Gasteiger partial charge in [0, 0.05) is 12.0 Å². The fourth-order valence-corrected chi connectivity index (χ4v) is 3.16. The molecule has 0 spiro atoms. The monoisotopic (exact) mass is 239 g/mol. The summed E-state index contributed by atoms with van der Waals surface area (Å²) < 4.78 is 2.22. The highest BCUT2D eigenvalue weighted by atomic mass is 35.5. The van der Waals surface area contributed by atoms with Gasteiger partial charge in [-0.25, -0.2) is 0 Å². The van der Waals surface area contributed by atoms with Crippen LogP contribution in [0.25, 0.3) is 0 Å². The summed E-state index contributed by atoms with van der Waals surface area (Å²) in [5, 5.41) is 8.91. The van der Waals surface area contributed by atoms with Gasteiger partial charge >= 0.3 is 0 Å². The van der Waals surface area contributed by atoms with Gasteiger partial charge in [-0.2, -0.15) is 0 Å². The number of aromatic nitrogens is 3. The maximum Gasteiger partial charge on any atom is 0.225 e. The Balaban J connectivity index is 1.95. The molecule has 1 aromatic rings. The van der Waals surface area contributed by atoms with Crippen molar-refractivity contribution < 1.29 is 0 Å². The summed E-state index contributed by atoms with van der Waals surface area (Å²) in [5.74, 6) is 3.24. The van der Waals surface area contributed by atoms with Crippen LogP contribution < -0.4 is 0 Å². The largest absolute Gasteiger partial charge is 0.298 e. The Morgan fingerprint density at radius 3 is 2.44 bits per heavy atom. The zero-order valence-corrected chi connectivity index (χ0v) is 10.6. The maximum absolute atomic E-state index is 6.20. The molecular weight excluding hydrogens is 222 g/mol. The van der Waals surface area contributed by atoms with Crippen LogP contribution in [0.2, 0.25) is 5.28 Å². The second kappa shape index (κ2) is 3.73. The molecule has 0 N–H and O–H groups in total. The molecule has 1 aromatic heterocycles. The average molecular weight is 240 g/mol. The number of nitrogens with zero attached hydrogens (tertiary/aromatic N) is 3. The smallest absolute Gasteiger partial charge is 0.225 e. The minimum absolute atomic E-state index is 0.521. The lowest BCUT2D eigenvalue weighted by molar-refractivity contribution is 0.346. The summed E-state index contributed by atoms with van der Waals surface area (Å²) in [6.07, 6.45) is 5.03. The van der Waals surface area contributed by atoms with E-state index in [0.29, 0.717) is 23.2 Å². The first kappa shape index (κ1) is 10.6. The van der Waals surface area contributed by atoms with E-state index in [-0.39, 0.29) is 0 Å². The van der Waals surface area contributed by atoms with Crippen molar-refractivity contribution in [2.75, 3.05) is 0 Å². The van der Waals surface area contributed by atoms with E-state index in [4.69, 9.17) is 11.6 Å². The molecule has 0 saturated heterocycles. The zero-order valence-electron chi connectivity index (χ0n) is 9.86. The third-order valence-electron chi connectivity index (χ3n) is 4.38. The van der Waals surface area contributed by atoms with Crippen LogP contribution in [0.4, 0.5) is 0 Å². The molecule has 3 unspecified atom stereocenters. The molecule has 4 heteroatoms. The molecule has 88 valence electrons. The van der Waals surface area contributed by atoms with Gasteiger partial charge in [0.15, 0.2) is 0 Å². The third-order valence-corrected chi connectivity index (χ3v) is 4.63. The standard InChI is InChI=1S/C12H18ClN3/c1-7-3-6-10(8(7)2)16-11(9-4-5-9)14-15-12(16)13/h7-10H,3-6H2,1-2H3. The van der Waals surface area contributed by atoms with Crippen LogP contribution in [0.3, 0.4) is 0 Å². The fourth-order valence-electron chi connectivity index (χ4n) is 2.91. The minimum Gasteiger partial charge on any atom is -0.298 e. The highest BCUT2D eigenvalue weighted by Gasteiger charge is 2.37. The SMILES string of the molecule is CC1CCC(n2c(Cl)nnc2C2CC2)C1C. The van der Waals surface area contributed by atoms with Gasteiger partial charge < -0.3 is 0 Å². The molecule has 3 rings (SSSR count). The van der Waals surface area contributed by atoms with Gasteiger partial charge in [0.25, 0.3) is 0 Å². The fraction of sp³-hybridized carbons (Fsp3) is 0.833. The zero-order chi connectivity index (χ0) is 11.3. The summed E-state index contributed by atoms with van der Waals surface area (Å²) in [4.78, 5) is 0. The summed E-state index contributed by atoms with van der Waals surface area (Å²) in [5.41, 5.74) is 0. The van der Waals surface area contributed by atoms with Crippen LogP contribution in [0.1, 0.15) is 57.3 Å². The average Bonchev–Trinajstić information content (AvgIpc) is 2.97. The Kier molecular flexibility index (Phi) is 2.46. The normalized spacial score (nSPS) is 34.6. The summed E-state index contributed by atoms with van der Waals surface area (Å²) in [7, 11) is 0. The van der Waals surface area contributed by atoms with Crippen LogP contribution >= 0.6 is 11.6 Å². The highest BCUT2D eigenvalue weighted by Crippen LogP contribution is 2.46. The molecular formula is C12H18ClN3. The van der Waals surface area contributed by atoms with Gasteiger partial charge in [-0.15, -0.1) is 10.2 Å². The van der Waals surface area contributed by atoms with Crippen molar-refractivity contribution in [3.05, 3.63) is 11.1 Å². The van der Waals surface area contributed by atoms with E-state index < -0.39 is 0 Å². The Bertz CT molecular complexity index is 397. The lowest BCUT2D eigenvalue weighted by atomic mass is 9.97. The summed E-state index contributed by atoms with van der Waals surface area (Å²) in [6.45, 7) is 4.66. The van der Waals surface area contributed by atoms with Gasteiger partial charge in [0.05, 0.1) is 0 Å². The van der Waals surface area contributed by atoms with Crippen molar-refractivity contribution in [1.29, 1.82) is 0 Å². The van der Waals surface area contributed by atoms with E-state index >= 15 is 0 Å². The van der Waals surface area contributed by atoms with Gasteiger partial charge in [-0.05, 0) is 49.1 Å². The van der Waals surface area contributed by atoms with Gasteiger partial charge in [0.1, 0.15) is 5.82 Å². The topological polar surface area (TPSA) is 30.7 Å². The lowest BCUT2D eigenvalue weighted by Gasteiger charge is -2.21. The molecule has 2 fully saturated rings. The van der Waals surface area contributed by atoms with Crippen LogP contribution in [-0.2, 0) is 0 Å². The molecule has 3 nitrogen and oxygen atoms in total. The van der Waals surface area contributed by atoms with Gasteiger partial charge in [-0.1, -0.05) is 13.8 Å². The van der Waals surface area contributed by atoms with E-state index in [1.807, 2.05) is 0 Å². The molecule has 2 aliphatic rings. The molecule has 0 amide bonds. The van der Waals surface area contributed by atoms with Crippen molar-refractivity contribution in [3.8, 4) is 0 Å². The van der Waals surface area contributed by atoms with Crippen LogP contribution in [0.15, 0.2) is 0 Å². The number of rotatable bonds is 2. The molecule has 1 heterocycles. The van der Waals surface area contributed by atoms with Crippen LogP contribution in [0, 0.1) is 11.8 Å². The van der Waals surface area contributed by atoms with Crippen molar-refractivity contribution in [2.45, 2.75) is 51.5 Å². The van der Waals surface area contributed by atoms with E-state index in [1.54, 1.807) is 0 Å². The first-order valence-electron chi connectivity index (χ1n) is 6.28. The number of hydrogen-bond acceptors (Lipinski definition) is 2. The summed E-state index contributed by atoms with van der Waals surface area (Å²) in [6, 6.07) is 0.521. The van der Waals surface area contributed by atoms with Crippen LogP contribution in [0.5, 0.6) is 0 Å². The molecule has 2 saturated carbocycles. The lowest BCUT2D eigenvalue weighted by Crippen LogP contribution is -2.17. The predicted molar refractivity (Wildman–Crippen MR) is 63.6 cm³/mol. The molecule has 0 bridgehead atoms. The van der Waals surface area contributed by atoms with E-state index in [9.17, 15) is 0 Å². The van der Waals surface area contributed by atoms with Crippen molar-refractivity contribution >= 4 is 11.6 Å². The molecule has 0 aliphatic heterocycles. The highest BCUT2D eigenvalue weighted by molar-refractivity contribution is 6.28. The van der Waals surface area contributed by atoms with E-state index in [0.717, 1.165) is 11.7 Å². The van der Waals surface area contributed by atoms with Gasteiger partial charge in [-0.3, -0.25) is 4.57 Å². The molecule has 0 radical (unpaired) electrons. The molecule has 0 aromatic carbocycles. The maximum atomic E-state index is 6.20. The Hall–Kier alpha value is -0.570. The molecule has 2 aliphatic carbocycles. The predicted octanol–water partition coefficient (Wildman–Crippen LogP) is 3.42. The van der Waals surface area contributed by atoms with Crippen molar-refractivity contribution in [3.63, 3.8) is 0 Å². The van der Waals surface area contributed by atoms with E-state index in [2.05, 4.69) is 28.6 Å². The third kappa shape index (κ3) is 1.56. The molecule has 16 heavy (non-hydrogen) atoms. The molecule has 3 atom stereocenters. The van der Waals surface area contributed by atoms with Crippen molar-refractivity contribution in [1.82, 2.24) is 14.8 Å². The second-order valence-electron chi connectivity index (χ2n) is 5.45.